The molecule has 15 heavy (non-hydrogen) atoms. The Labute approximate surface area is 89.3 Å². The zero-order chi connectivity index (χ0) is 10.7. The Kier molecular flexibility index (Phi) is 2.89. The van der Waals surface area contributed by atoms with Crippen LogP contribution in [0.15, 0.2) is 6.33 Å². The lowest BCUT2D eigenvalue weighted by Crippen LogP contribution is -2.21. The Hall–Kier alpha value is -1.52. The average molecular weight is 208 g/mol. The summed E-state index contributed by atoms with van der Waals surface area (Å²) in [4.78, 5) is 10.4. The van der Waals surface area contributed by atoms with E-state index in [9.17, 15) is 0 Å². The van der Waals surface area contributed by atoms with Gasteiger partial charge in [-0.25, -0.2) is 4.98 Å². The fourth-order valence-electron chi connectivity index (χ4n) is 1.80. The third-order valence-electron chi connectivity index (χ3n) is 2.51. The largest absolute Gasteiger partial charge is 0.476 e. The Morgan fingerprint density at radius 3 is 2.80 bits per heavy atom. The van der Waals surface area contributed by atoms with Gasteiger partial charge in [-0.2, -0.15) is 4.98 Å². The third kappa shape index (κ3) is 1.95. The van der Waals surface area contributed by atoms with Crippen LogP contribution in [-0.4, -0.2) is 29.7 Å². The van der Waals surface area contributed by atoms with Gasteiger partial charge in [0.05, 0.1) is 6.61 Å². The van der Waals surface area contributed by atoms with E-state index in [0.717, 1.165) is 18.9 Å². The number of nitrogen functional groups attached to an aromatic ring is 1. The Morgan fingerprint density at radius 2 is 2.13 bits per heavy atom. The summed E-state index contributed by atoms with van der Waals surface area (Å²) >= 11 is 0. The number of nitrogens with zero attached hydrogens (tertiary/aromatic N) is 3. The lowest BCUT2D eigenvalue weighted by Gasteiger charge is -2.18. The van der Waals surface area contributed by atoms with Crippen molar-refractivity contribution in [1.82, 2.24) is 9.97 Å². The normalized spacial score (nSPS) is 15.7. The monoisotopic (exact) mass is 208 g/mol. The van der Waals surface area contributed by atoms with Crippen LogP contribution in [0.4, 0.5) is 11.5 Å². The van der Waals surface area contributed by atoms with Gasteiger partial charge in [-0.3, -0.25) is 0 Å². The first-order valence-corrected chi connectivity index (χ1v) is 5.31. The molecule has 0 aliphatic carbocycles. The molecule has 5 nitrogen and oxygen atoms in total. The average Bonchev–Trinajstić information content (AvgIpc) is 2.74. The van der Waals surface area contributed by atoms with E-state index in [2.05, 4.69) is 14.9 Å². The zero-order valence-corrected chi connectivity index (χ0v) is 8.94. The summed E-state index contributed by atoms with van der Waals surface area (Å²) in [6.07, 6.45) is 3.91. The first-order chi connectivity index (χ1) is 7.33. The Morgan fingerprint density at radius 1 is 1.40 bits per heavy atom. The molecule has 1 aromatic heterocycles. The van der Waals surface area contributed by atoms with E-state index in [1.54, 1.807) is 0 Å². The predicted octanol–water partition coefficient (Wildman–Crippen LogP) is 1.06. The second-order valence-electron chi connectivity index (χ2n) is 3.54. The van der Waals surface area contributed by atoms with Crippen LogP contribution in [-0.2, 0) is 0 Å². The van der Waals surface area contributed by atoms with Crippen LogP contribution in [0, 0.1) is 0 Å². The van der Waals surface area contributed by atoms with Crippen molar-refractivity contribution in [3.8, 4) is 5.88 Å². The van der Waals surface area contributed by atoms with Gasteiger partial charge in [0.1, 0.15) is 12.0 Å². The minimum Gasteiger partial charge on any atom is -0.476 e. The molecule has 0 aromatic carbocycles. The maximum Gasteiger partial charge on any atom is 0.242 e. The summed E-state index contributed by atoms with van der Waals surface area (Å²) in [5, 5.41) is 0. The number of rotatable bonds is 3. The van der Waals surface area contributed by atoms with Crippen molar-refractivity contribution in [2.75, 3.05) is 30.3 Å². The lowest BCUT2D eigenvalue weighted by atomic mass is 10.4. The molecule has 0 bridgehead atoms. The van der Waals surface area contributed by atoms with Crippen LogP contribution in [0.3, 0.4) is 0 Å². The zero-order valence-electron chi connectivity index (χ0n) is 8.94. The standard InChI is InChI=1S/C10H16N4O/c1-2-15-10-8(11)9(12-7-13-10)14-5-3-4-6-14/h7H,2-6,11H2,1H3. The molecule has 0 spiro atoms. The van der Waals surface area contributed by atoms with Crippen LogP contribution >= 0.6 is 0 Å². The van der Waals surface area contributed by atoms with E-state index in [1.165, 1.54) is 19.2 Å². The van der Waals surface area contributed by atoms with E-state index < -0.39 is 0 Å². The van der Waals surface area contributed by atoms with Crippen molar-refractivity contribution in [2.45, 2.75) is 19.8 Å². The number of aromatic nitrogens is 2. The fraction of sp³-hybridized carbons (Fsp3) is 0.600. The number of hydrogen-bond acceptors (Lipinski definition) is 5. The molecule has 0 saturated carbocycles. The van der Waals surface area contributed by atoms with Crippen LogP contribution in [0.1, 0.15) is 19.8 Å². The number of nitrogens with two attached hydrogens (primary N) is 1. The van der Waals surface area contributed by atoms with Crippen LogP contribution in [0.25, 0.3) is 0 Å². The molecular formula is C10H16N4O. The van der Waals surface area contributed by atoms with Crippen LogP contribution < -0.4 is 15.4 Å². The van der Waals surface area contributed by atoms with E-state index in [-0.39, 0.29) is 0 Å². The van der Waals surface area contributed by atoms with Crippen molar-refractivity contribution >= 4 is 11.5 Å². The number of anilines is 2. The van der Waals surface area contributed by atoms with Gasteiger partial charge in [0, 0.05) is 13.1 Å². The smallest absolute Gasteiger partial charge is 0.242 e. The molecular weight excluding hydrogens is 192 g/mol. The minimum absolute atomic E-state index is 0.495. The molecule has 0 amide bonds. The second-order valence-corrected chi connectivity index (χ2v) is 3.54. The van der Waals surface area contributed by atoms with Gasteiger partial charge >= 0.3 is 0 Å². The van der Waals surface area contributed by atoms with Gasteiger partial charge in [-0.15, -0.1) is 0 Å². The molecule has 1 saturated heterocycles. The molecule has 1 aromatic rings. The van der Waals surface area contributed by atoms with Crippen molar-refractivity contribution < 1.29 is 4.74 Å². The predicted molar refractivity (Wildman–Crippen MR) is 59.1 cm³/mol. The SMILES string of the molecule is CCOc1ncnc(N2CCCC2)c1N. The van der Waals surface area contributed by atoms with E-state index in [4.69, 9.17) is 10.5 Å². The van der Waals surface area contributed by atoms with E-state index >= 15 is 0 Å². The molecule has 1 fully saturated rings. The van der Waals surface area contributed by atoms with Gasteiger partial charge in [-0.1, -0.05) is 0 Å². The van der Waals surface area contributed by atoms with Crippen LogP contribution in [0.5, 0.6) is 5.88 Å². The Balaban J connectivity index is 2.26. The maximum atomic E-state index is 5.96. The van der Waals surface area contributed by atoms with Crippen molar-refractivity contribution in [2.24, 2.45) is 0 Å². The van der Waals surface area contributed by atoms with Crippen LogP contribution in [0.2, 0.25) is 0 Å². The molecule has 1 aliphatic rings. The van der Waals surface area contributed by atoms with Gasteiger partial charge in [0.15, 0.2) is 5.82 Å². The molecule has 0 atom stereocenters. The van der Waals surface area contributed by atoms with Crippen molar-refractivity contribution in [3.63, 3.8) is 0 Å². The quantitative estimate of drug-likeness (QED) is 0.804. The summed E-state index contributed by atoms with van der Waals surface area (Å²) in [5.74, 6) is 1.31. The highest BCUT2D eigenvalue weighted by atomic mass is 16.5. The summed E-state index contributed by atoms with van der Waals surface area (Å²) in [6, 6.07) is 0. The molecule has 5 heteroatoms. The number of hydrogen-bond donors (Lipinski definition) is 1. The topological polar surface area (TPSA) is 64.3 Å². The van der Waals surface area contributed by atoms with Gasteiger partial charge in [0.2, 0.25) is 5.88 Å². The van der Waals surface area contributed by atoms with Gasteiger partial charge in [-0.05, 0) is 19.8 Å². The molecule has 0 unspecified atom stereocenters. The molecule has 1 aliphatic heterocycles. The second kappa shape index (κ2) is 4.33. The molecule has 82 valence electrons. The number of ether oxygens (including phenoxy) is 1. The van der Waals surface area contributed by atoms with Gasteiger partial charge in [0.25, 0.3) is 0 Å². The third-order valence-corrected chi connectivity index (χ3v) is 2.51. The molecule has 2 heterocycles. The molecule has 2 rings (SSSR count). The lowest BCUT2D eigenvalue weighted by molar-refractivity contribution is 0.328. The van der Waals surface area contributed by atoms with Gasteiger partial charge < -0.3 is 15.4 Å². The minimum atomic E-state index is 0.495. The summed E-state index contributed by atoms with van der Waals surface area (Å²) in [5.41, 5.74) is 6.51. The maximum absolute atomic E-state index is 5.96. The van der Waals surface area contributed by atoms with Crippen molar-refractivity contribution in [1.29, 1.82) is 0 Å². The van der Waals surface area contributed by atoms with E-state index in [0.29, 0.717) is 18.2 Å². The summed E-state index contributed by atoms with van der Waals surface area (Å²) < 4.78 is 5.33. The molecule has 2 N–H and O–H groups in total. The highest BCUT2D eigenvalue weighted by Gasteiger charge is 2.18. The first-order valence-electron chi connectivity index (χ1n) is 5.31. The highest BCUT2D eigenvalue weighted by molar-refractivity contribution is 5.67. The highest BCUT2D eigenvalue weighted by Crippen LogP contribution is 2.29. The summed E-state index contributed by atoms with van der Waals surface area (Å²) in [7, 11) is 0. The first kappa shape index (κ1) is 10.0. The molecule has 0 radical (unpaired) electrons. The Bertz CT molecular complexity index is 336. The van der Waals surface area contributed by atoms with E-state index in [1.807, 2.05) is 6.92 Å². The fourth-order valence-corrected chi connectivity index (χ4v) is 1.80. The van der Waals surface area contributed by atoms with Crippen molar-refractivity contribution in [3.05, 3.63) is 6.33 Å². The summed E-state index contributed by atoms with van der Waals surface area (Å²) in [6.45, 7) is 4.53.